The predicted molar refractivity (Wildman–Crippen MR) is 57.9 cm³/mol. The Morgan fingerprint density at radius 2 is 2.36 bits per heavy atom. The van der Waals surface area contributed by atoms with Crippen molar-refractivity contribution < 1.29 is 4.39 Å². The molecule has 0 aliphatic carbocycles. The minimum atomic E-state index is -0.277. The van der Waals surface area contributed by atoms with Crippen molar-refractivity contribution in [2.75, 3.05) is 0 Å². The molecule has 1 aromatic rings. The molecule has 0 heterocycles. The molecular weight excluding hydrogens is 201 g/mol. The average Bonchev–Trinajstić information content (AvgIpc) is 2.16. The van der Waals surface area contributed by atoms with E-state index in [9.17, 15) is 4.39 Å². The smallest absolute Gasteiger partial charge is 0.129 e. The molecule has 1 aromatic carbocycles. The van der Waals surface area contributed by atoms with Crippen LogP contribution in [0.2, 0.25) is 5.02 Å². The van der Waals surface area contributed by atoms with Gasteiger partial charge in [-0.15, -0.1) is 6.58 Å². The lowest BCUT2D eigenvalue weighted by atomic mass is 10.2. The molecule has 0 fully saturated rings. The molecule has 76 valence electrons. The van der Waals surface area contributed by atoms with Crippen LogP contribution in [0, 0.1) is 5.82 Å². The van der Waals surface area contributed by atoms with Gasteiger partial charge in [0.05, 0.1) is 0 Å². The minimum Gasteiger partial charge on any atom is -0.307 e. The lowest BCUT2D eigenvalue weighted by Gasteiger charge is -2.10. The molecule has 0 amide bonds. The van der Waals surface area contributed by atoms with Crippen LogP contribution in [0.3, 0.4) is 0 Å². The van der Waals surface area contributed by atoms with Gasteiger partial charge in [0, 0.05) is 23.2 Å². The summed E-state index contributed by atoms with van der Waals surface area (Å²) in [6.45, 7) is 5.99. The SMILES string of the molecule is C=CC(C)NCc1c(F)cccc1Cl. The lowest BCUT2D eigenvalue weighted by molar-refractivity contribution is 0.573. The largest absolute Gasteiger partial charge is 0.307 e. The van der Waals surface area contributed by atoms with Crippen molar-refractivity contribution in [3.63, 3.8) is 0 Å². The van der Waals surface area contributed by atoms with Gasteiger partial charge in [-0.1, -0.05) is 23.7 Å². The normalized spacial score (nSPS) is 12.5. The van der Waals surface area contributed by atoms with E-state index >= 15 is 0 Å². The number of benzene rings is 1. The van der Waals surface area contributed by atoms with Crippen molar-refractivity contribution >= 4 is 11.6 Å². The molecule has 0 aliphatic rings. The number of hydrogen-bond acceptors (Lipinski definition) is 1. The summed E-state index contributed by atoms with van der Waals surface area (Å²) in [6.07, 6.45) is 1.76. The Hall–Kier alpha value is -0.860. The first-order valence-corrected chi connectivity index (χ1v) is 4.81. The van der Waals surface area contributed by atoms with Gasteiger partial charge in [-0.3, -0.25) is 0 Å². The Balaban J connectivity index is 2.71. The van der Waals surface area contributed by atoms with E-state index in [4.69, 9.17) is 11.6 Å². The van der Waals surface area contributed by atoms with Gasteiger partial charge in [-0.05, 0) is 19.1 Å². The summed E-state index contributed by atoms with van der Waals surface area (Å²) < 4.78 is 13.3. The molecule has 0 bridgehead atoms. The highest BCUT2D eigenvalue weighted by molar-refractivity contribution is 6.31. The van der Waals surface area contributed by atoms with Gasteiger partial charge >= 0.3 is 0 Å². The molecular formula is C11H13ClFN. The third kappa shape index (κ3) is 2.82. The van der Waals surface area contributed by atoms with E-state index in [1.165, 1.54) is 6.07 Å². The molecule has 0 saturated heterocycles. The molecule has 0 aliphatic heterocycles. The van der Waals surface area contributed by atoms with Gasteiger partial charge < -0.3 is 5.32 Å². The van der Waals surface area contributed by atoms with Crippen LogP contribution in [0.4, 0.5) is 4.39 Å². The van der Waals surface area contributed by atoms with Crippen molar-refractivity contribution in [2.24, 2.45) is 0 Å². The third-order valence-corrected chi connectivity index (χ3v) is 2.37. The summed E-state index contributed by atoms with van der Waals surface area (Å²) in [5, 5.41) is 3.54. The van der Waals surface area contributed by atoms with Crippen LogP contribution in [0.15, 0.2) is 30.9 Å². The highest BCUT2D eigenvalue weighted by Gasteiger charge is 2.06. The van der Waals surface area contributed by atoms with E-state index in [0.29, 0.717) is 17.1 Å². The van der Waals surface area contributed by atoms with Gasteiger partial charge in [-0.2, -0.15) is 0 Å². The van der Waals surface area contributed by atoms with E-state index in [1.807, 2.05) is 6.92 Å². The van der Waals surface area contributed by atoms with Crippen LogP contribution < -0.4 is 5.32 Å². The summed E-state index contributed by atoms with van der Waals surface area (Å²) in [5.74, 6) is -0.277. The fraction of sp³-hybridized carbons (Fsp3) is 0.273. The number of hydrogen-bond donors (Lipinski definition) is 1. The summed E-state index contributed by atoms with van der Waals surface area (Å²) in [4.78, 5) is 0. The summed E-state index contributed by atoms with van der Waals surface area (Å²) in [5.41, 5.74) is 0.503. The van der Waals surface area contributed by atoms with E-state index in [1.54, 1.807) is 18.2 Å². The van der Waals surface area contributed by atoms with Gasteiger partial charge in [0.2, 0.25) is 0 Å². The van der Waals surface area contributed by atoms with Crippen LogP contribution in [0.25, 0.3) is 0 Å². The zero-order chi connectivity index (χ0) is 10.6. The Morgan fingerprint density at radius 1 is 1.64 bits per heavy atom. The standard InChI is InChI=1S/C11H13ClFN/c1-3-8(2)14-7-9-10(12)5-4-6-11(9)13/h3-6,8,14H,1,7H2,2H3. The summed E-state index contributed by atoms with van der Waals surface area (Å²) in [6, 6.07) is 4.82. The second-order valence-corrected chi connectivity index (χ2v) is 3.51. The van der Waals surface area contributed by atoms with Crippen molar-refractivity contribution in [1.29, 1.82) is 0 Å². The fourth-order valence-corrected chi connectivity index (χ4v) is 1.28. The predicted octanol–water partition coefficient (Wildman–Crippen LogP) is 3.14. The van der Waals surface area contributed by atoms with E-state index in [0.717, 1.165) is 0 Å². The molecule has 1 nitrogen and oxygen atoms in total. The number of halogens is 2. The molecule has 0 radical (unpaired) electrons. The zero-order valence-electron chi connectivity index (χ0n) is 8.06. The Morgan fingerprint density at radius 3 is 2.93 bits per heavy atom. The first-order valence-electron chi connectivity index (χ1n) is 4.44. The van der Waals surface area contributed by atoms with Crippen molar-refractivity contribution in [2.45, 2.75) is 19.5 Å². The highest BCUT2D eigenvalue weighted by Crippen LogP contribution is 2.18. The van der Waals surface area contributed by atoms with Gasteiger partial charge in [0.1, 0.15) is 5.82 Å². The maximum Gasteiger partial charge on any atom is 0.129 e. The first kappa shape index (κ1) is 11.2. The van der Waals surface area contributed by atoms with E-state index in [2.05, 4.69) is 11.9 Å². The van der Waals surface area contributed by atoms with Crippen molar-refractivity contribution in [3.05, 3.63) is 47.3 Å². The summed E-state index contributed by atoms with van der Waals surface area (Å²) >= 11 is 5.85. The number of rotatable bonds is 4. The molecule has 0 spiro atoms. The minimum absolute atomic E-state index is 0.144. The molecule has 1 N–H and O–H groups in total. The Kier molecular flexibility index (Phi) is 4.11. The second-order valence-electron chi connectivity index (χ2n) is 3.11. The van der Waals surface area contributed by atoms with Crippen LogP contribution in [0.1, 0.15) is 12.5 Å². The van der Waals surface area contributed by atoms with E-state index in [-0.39, 0.29) is 11.9 Å². The fourth-order valence-electron chi connectivity index (χ4n) is 1.05. The lowest BCUT2D eigenvalue weighted by Crippen LogP contribution is -2.23. The molecule has 1 atom stereocenters. The quantitative estimate of drug-likeness (QED) is 0.758. The first-order chi connectivity index (χ1) is 6.65. The molecule has 0 aromatic heterocycles. The average molecular weight is 214 g/mol. The van der Waals surface area contributed by atoms with Crippen LogP contribution in [-0.2, 0) is 6.54 Å². The van der Waals surface area contributed by atoms with Gasteiger partial charge in [0.25, 0.3) is 0 Å². The van der Waals surface area contributed by atoms with Crippen LogP contribution in [0.5, 0.6) is 0 Å². The summed E-state index contributed by atoms with van der Waals surface area (Å²) in [7, 11) is 0. The van der Waals surface area contributed by atoms with E-state index < -0.39 is 0 Å². The Bertz CT molecular complexity index is 305. The van der Waals surface area contributed by atoms with Crippen LogP contribution in [-0.4, -0.2) is 6.04 Å². The van der Waals surface area contributed by atoms with Gasteiger partial charge in [-0.25, -0.2) is 4.39 Å². The second kappa shape index (κ2) is 5.13. The molecule has 0 saturated carbocycles. The van der Waals surface area contributed by atoms with Gasteiger partial charge in [0.15, 0.2) is 0 Å². The molecule has 1 unspecified atom stereocenters. The van der Waals surface area contributed by atoms with Crippen LogP contribution >= 0.6 is 11.6 Å². The monoisotopic (exact) mass is 213 g/mol. The van der Waals surface area contributed by atoms with Crippen molar-refractivity contribution in [3.8, 4) is 0 Å². The number of nitrogens with one attached hydrogen (secondary N) is 1. The molecule has 3 heteroatoms. The molecule has 14 heavy (non-hydrogen) atoms. The highest BCUT2D eigenvalue weighted by atomic mass is 35.5. The zero-order valence-corrected chi connectivity index (χ0v) is 8.81. The topological polar surface area (TPSA) is 12.0 Å². The third-order valence-electron chi connectivity index (χ3n) is 2.02. The maximum atomic E-state index is 13.3. The van der Waals surface area contributed by atoms with Crippen molar-refractivity contribution in [1.82, 2.24) is 5.32 Å². The maximum absolute atomic E-state index is 13.3. The Labute approximate surface area is 88.6 Å². The molecule has 1 rings (SSSR count).